The highest BCUT2D eigenvalue weighted by atomic mass is 79.9. The van der Waals surface area contributed by atoms with Crippen molar-refractivity contribution >= 4 is 15.9 Å². The molecular weight excluding hydrogens is 309 g/mol. The minimum absolute atomic E-state index is 0.185. The third kappa shape index (κ3) is 2.83. The Morgan fingerprint density at radius 1 is 1.05 bits per heavy atom. The van der Waals surface area contributed by atoms with Crippen LogP contribution in [0.5, 0.6) is 0 Å². The van der Waals surface area contributed by atoms with Crippen LogP contribution in [-0.2, 0) is 0 Å². The molecule has 1 aliphatic heterocycles. The van der Waals surface area contributed by atoms with Crippen LogP contribution in [0.15, 0.2) is 47.2 Å². The number of pyridine rings is 1. The van der Waals surface area contributed by atoms with Crippen molar-refractivity contribution in [3.63, 3.8) is 0 Å². The molecular formula is C14H13BrFN3. The van der Waals surface area contributed by atoms with Gasteiger partial charge in [-0.25, -0.2) is 15.2 Å². The second-order valence-electron chi connectivity index (χ2n) is 4.62. The standard InChI is InChI=1S/C14H13BrFN3/c15-11-5-10(7-17-8-11)14-6-13(18-19-14)9-1-3-12(16)4-2-9/h1-5,7-8,13-14,18-19H,6H2. The predicted molar refractivity (Wildman–Crippen MR) is 74.7 cm³/mol. The van der Waals surface area contributed by atoms with Gasteiger partial charge in [-0.3, -0.25) is 4.98 Å². The van der Waals surface area contributed by atoms with Gasteiger partial charge in [0.05, 0.1) is 0 Å². The van der Waals surface area contributed by atoms with E-state index < -0.39 is 0 Å². The van der Waals surface area contributed by atoms with E-state index >= 15 is 0 Å². The Balaban J connectivity index is 1.75. The summed E-state index contributed by atoms with van der Waals surface area (Å²) in [5.41, 5.74) is 8.72. The van der Waals surface area contributed by atoms with Crippen molar-refractivity contribution in [1.82, 2.24) is 15.8 Å². The molecule has 1 aromatic carbocycles. The van der Waals surface area contributed by atoms with Crippen LogP contribution in [0, 0.1) is 5.82 Å². The van der Waals surface area contributed by atoms with Gasteiger partial charge in [-0.15, -0.1) is 0 Å². The highest BCUT2D eigenvalue weighted by molar-refractivity contribution is 9.10. The van der Waals surface area contributed by atoms with E-state index in [1.165, 1.54) is 12.1 Å². The molecule has 1 saturated heterocycles. The predicted octanol–water partition coefficient (Wildman–Crippen LogP) is 3.26. The van der Waals surface area contributed by atoms with Crippen LogP contribution >= 0.6 is 15.9 Å². The number of hydrazine groups is 1. The number of halogens is 2. The fraction of sp³-hybridized carbons (Fsp3) is 0.214. The Morgan fingerprint density at radius 3 is 2.42 bits per heavy atom. The summed E-state index contributed by atoms with van der Waals surface area (Å²) in [6, 6.07) is 9.06. The van der Waals surface area contributed by atoms with Crippen LogP contribution in [0.1, 0.15) is 29.6 Å². The molecule has 0 bridgehead atoms. The Kier molecular flexibility index (Phi) is 3.59. The SMILES string of the molecule is Fc1ccc(C2CC(c3cncc(Br)c3)NN2)cc1. The van der Waals surface area contributed by atoms with Crippen molar-refractivity contribution in [2.24, 2.45) is 0 Å². The second-order valence-corrected chi connectivity index (χ2v) is 5.53. The molecule has 3 rings (SSSR count). The van der Waals surface area contributed by atoms with Gasteiger partial charge in [-0.05, 0) is 51.7 Å². The molecule has 0 spiro atoms. The first-order valence-corrected chi connectivity index (χ1v) is 6.88. The minimum Gasteiger partial charge on any atom is -0.263 e. The smallest absolute Gasteiger partial charge is 0.123 e. The van der Waals surface area contributed by atoms with Gasteiger partial charge in [0.1, 0.15) is 5.82 Å². The summed E-state index contributed by atoms with van der Waals surface area (Å²) in [6.45, 7) is 0. The summed E-state index contributed by atoms with van der Waals surface area (Å²) >= 11 is 3.42. The molecule has 1 aromatic heterocycles. The Bertz CT molecular complexity index is 573. The zero-order chi connectivity index (χ0) is 13.2. The van der Waals surface area contributed by atoms with Crippen LogP contribution in [0.4, 0.5) is 4.39 Å². The molecule has 1 fully saturated rings. The first kappa shape index (κ1) is 12.7. The number of hydrogen-bond acceptors (Lipinski definition) is 3. The topological polar surface area (TPSA) is 37.0 Å². The van der Waals surface area contributed by atoms with Crippen molar-refractivity contribution < 1.29 is 4.39 Å². The monoisotopic (exact) mass is 321 g/mol. The molecule has 0 radical (unpaired) electrons. The molecule has 98 valence electrons. The van der Waals surface area contributed by atoms with Gasteiger partial charge >= 0.3 is 0 Å². The molecule has 0 aliphatic carbocycles. The van der Waals surface area contributed by atoms with Crippen molar-refractivity contribution in [3.05, 3.63) is 64.1 Å². The van der Waals surface area contributed by atoms with Gasteiger partial charge in [0.25, 0.3) is 0 Å². The lowest BCUT2D eigenvalue weighted by Gasteiger charge is -2.10. The summed E-state index contributed by atoms with van der Waals surface area (Å²) in [5.74, 6) is -0.206. The maximum Gasteiger partial charge on any atom is 0.123 e. The van der Waals surface area contributed by atoms with E-state index in [1.807, 2.05) is 18.3 Å². The molecule has 19 heavy (non-hydrogen) atoms. The summed E-state index contributed by atoms with van der Waals surface area (Å²) in [7, 11) is 0. The number of rotatable bonds is 2. The van der Waals surface area contributed by atoms with Crippen molar-refractivity contribution in [3.8, 4) is 0 Å². The zero-order valence-corrected chi connectivity index (χ0v) is 11.7. The third-order valence-electron chi connectivity index (χ3n) is 3.30. The molecule has 2 N–H and O–H groups in total. The molecule has 2 aromatic rings. The van der Waals surface area contributed by atoms with Gasteiger partial charge in [-0.2, -0.15) is 0 Å². The summed E-state index contributed by atoms with van der Waals surface area (Å²) < 4.78 is 13.9. The number of nitrogens with one attached hydrogen (secondary N) is 2. The highest BCUT2D eigenvalue weighted by Crippen LogP contribution is 2.31. The average molecular weight is 322 g/mol. The average Bonchev–Trinajstić information content (AvgIpc) is 2.89. The molecule has 3 nitrogen and oxygen atoms in total. The zero-order valence-electron chi connectivity index (χ0n) is 10.1. The van der Waals surface area contributed by atoms with E-state index in [-0.39, 0.29) is 17.9 Å². The number of nitrogens with zero attached hydrogens (tertiary/aromatic N) is 1. The van der Waals surface area contributed by atoms with Crippen molar-refractivity contribution in [2.75, 3.05) is 0 Å². The molecule has 5 heteroatoms. The van der Waals surface area contributed by atoms with Crippen molar-refractivity contribution in [1.29, 1.82) is 0 Å². The van der Waals surface area contributed by atoms with E-state index in [0.29, 0.717) is 0 Å². The summed E-state index contributed by atoms with van der Waals surface area (Å²) in [4.78, 5) is 4.17. The van der Waals surface area contributed by atoms with Crippen LogP contribution < -0.4 is 10.9 Å². The van der Waals surface area contributed by atoms with Gasteiger partial charge in [0, 0.05) is 29.0 Å². The summed E-state index contributed by atoms with van der Waals surface area (Å²) in [6.07, 6.45) is 4.53. The third-order valence-corrected chi connectivity index (χ3v) is 3.74. The maximum atomic E-state index is 12.9. The minimum atomic E-state index is -0.206. The fourth-order valence-electron chi connectivity index (χ4n) is 2.31. The van der Waals surface area contributed by atoms with Gasteiger partial charge in [-0.1, -0.05) is 12.1 Å². The first-order valence-electron chi connectivity index (χ1n) is 6.09. The second kappa shape index (κ2) is 5.36. The molecule has 0 amide bonds. The molecule has 2 unspecified atom stereocenters. The lowest BCUT2D eigenvalue weighted by Crippen LogP contribution is -2.26. The van der Waals surface area contributed by atoms with Crippen LogP contribution in [0.2, 0.25) is 0 Å². The van der Waals surface area contributed by atoms with Gasteiger partial charge in [0.2, 0.25) is 0 Å². The first-order chi connectivity index (χ1) is 9.22. The normalized spacial score (nSPS) is 22.6. The van der Waals surface area contributed by atoms with Crippen LogP contribution in [-0.4, -0.2) is 4.98 Å². The Hall–Kier alpha value is -1.30. The number of aromatic nitrogens is 1. The highest BCUT2D eigenvalue weighted by Gasteiger charge is 2.26. The summed E-state index contributed by atoms with van der Waals surface area (Å²) in [5, 5.41) is 0. The van der Waals surface area contributed by atoms with Crippen LogP contribution in [0.3, 0.4) is 0 Å². The molecule has 1 aliphatic rings. The largest absolute Gasteiger partial charge is 0.263 e. The van der Waals surface area contributed by atoms with E-state index in [2.05, 4.69) is 37.8 Å². The lowest BCUT2D eigenvalue weighted by atomic mass is 9.99. The van der Waals surface area contributed by atoms with E-state index in [1.54, 1.807) is 6.20 Å². The van der Waals surface area contributed by atoms with E-state index in [4.69, 9.17) is 0 Å². The molecule has 2 atom stereocenters. The van der Waals surface area contributed by atoms with E-state index in [0.717, 1.165) is 22.0 Å². The fourth-order valence-corrected chi connectivity index (χ4v) is 2.69. The Morgan fingerprint density at radius 2 is 1.74 bits per heavy atom. The Labute approximate surface area is 119 Å². The lowest BCUT2D eigenvalue weighted by molar-refractivity contribution is 0.553. The molecule has 2 heterocycles. The van der Waals surface area contributed by atoms with Gasteiger partial charge in [0.15, 0.2) is 0 Å². The maximum absolute atomic E-state index is 12.9. The van der Waals surface area contributed by atoms with Crippen LogP contribution in [0.25, 0.3) is 0 Å². The van der Waals surface area contributed by atoms with Crippen molar-refractivity contribution in [2.45, 2.75) is 18.5 Å². The van der Waals surface area contributed by atoms with E-state index in [9.17, 15) is 4.39 Å². The molecule has 0 saturated carbocycles. The number of hydrogen-bond donors (Lipinski definition) is 2. The quantitative estimate of drug-likeness (QED) is 0.891. The number of benzene rings is 1. The van der Waals surface area contributed by atoms with Gasteiger partial charge < -0.3 is 0 Å².